The lowest BCUT2D eigenvalue weighted by atomic mass is 10.2. The summed E-state index contributed by atoms with van der Waals surface area (Å²) >= 11 is 0. The Labute approximate surface area is 137 Å². The van der Waals surface area contributed by atoms with Gasteiger partial charge in [-0.25, -0.2) is 8.42 Å². The van der Waals surface area contributed by atoms with Gasteiger partial charge in [-0.15, -0.1) is 5.69 Å². The lowest BCUT2D eigenvalue weighted by Crippen LogP contribution is -2.18. The molecule has 124 valence electrons. The van der Waals surface area contributed by atoms with Crippen molar-refractivity contribution in [2.75, 3.05) is 0 Å². The van der Waals surface area contributed by atoms with Gasteiger partial charge in [0.25, 0.3) is 5.69 Å². The third-order valence-corrected chi connectivity index (χ3v) is 4.20. The fourth-order valence-corrected chi connectivity index (χ4v) is 3.01. The minimum absolute atomic E-state index is 0.00801. The van der Waals surface area contributed by atoms with Crippen LogP contribution in [0.4, 0.5) is 11.4 Å². The number of nitro groups is 1. The number of nitrogens with zero attached hydrogens (tertiary/aromatic N) is 2. The van der Waals surface area contributed by atoms with Gasteiger partial charge in [-0.05, 0) is 17.7 Å². The molecule has 0 radical (unpaired) electrons. The van der Waals surface area contributed by atoms with Crippen molar-refractivity contribution in [3.05, 3.63) is 75.0 Å². The standard InChI is InChI=1S/C15H11N2O6S/c18-15(19)9-8-11-4-3-5-12(10-11)16-24(22,23)14-7-2-1-6-13(14)17(20)21/h1-10H,(H,18,19)/q-1/p-1. The number of aliphatic carboxylic acids is 1. The highest BCUT2D eigenvalue weighted by molar-refractivity contribution is 7.94. The van der Waals surface area contributed by atoms with E-state index in [-0.39, 0.29) is 5.69 Å². The van der Waals surface area contributed by atoms with Crippen LogP contribution in [0.3, 0.4) is 0 Å². The molecule has 0 saturated heterocycles. The van der Waals surface area contributed by atoms with Crippen molar-refractivity contribution in [3.8, 4) is 0 Å². The molecule has 0 bridgehead atoms. The highest BCUT2D eigenvalue weighted by atomic mass is 32.2. The second-order valence-corrected chi connectivity index (χ2v) is 6.11. The molecule has 0 fully saturated rings. The molecule has 0 aliphatic carbocycles. The van der Waals surface area contributed by atoms with Gasteiger partial charge >= 0.3 is 0 Å². The molecule has 0 saturated carbocycles. The number of nitro benzene ring substituents is 1. The molecule has 2 aromatic carbocycles. The second-order valence-electron chi connectivity index (χ2n) is 4.54. The van der Waals surface area contributed by atoms with Gasteiger partial charge in [0.15, 0.2) is 0 Å². The highest BCUT2D eigenvalue weighted by Gasteiger charge is 2.19. The predicted molar refractivity (Wildman–Crippen MR) is 83.8 cm³/mol. The van der Waals surface area contributed by atoms with E-state index in [0.29, 0.717) is 5.56 Å². The van der Waals surface area contributed by atoms with Gasteiger partial charge in [0.1, 0.15) is 14.9 Å². The molecule has 0 aliphatic heterocycles. The smallest absolute Gasteiger partial charge is 0.286 e. The molecular weight excluding hydrogens is 336 g/mol. The summed E-state index contributed by atoms with van der Waals surface area (Å²) < 4.78 is 28.2. The van der Waals surface area contributed by atoms with Crippen LogP contribution in [0.5, 0.6) is 0 Å². The first-order valence-corrected chi connectivity index (χ1v) is 7.94. The predicted octanol–water partition coefficient (Wildman–Crippen LogP) is 1.75. The number of carbonyl (C=O) groups excluding carboxylic acids is 1. The average molecular weight is 346 g/mol. The van der Waals surface area contributed by atoms with Gasteiger partial charge in [0, 0.05) is 6.07 Å². The molecule has 0 spiro atoms. The van der Waals surface area contributed by atoms with E-state index in [9.17, 15) is 28.4 Å². The van der Waals surface area contributed by atoms with E-state index in [1.165, 1.54) is 42.5 Å². The van der Waals surface area contributed by atoms with E-state index >= 15 is 0 Å². The molecule has 0 heterocycles. The average Bonchev–Trinajstić information content (AvgIpc) is 2.53. The number of rotatable bonds is 6. The van der Waals surface area contributed by atoms with Crippen LogP contribution in [0.15, 0.2) is 59.5 Å². The molecule has 0 aliphatic rings. The topological polar surface area (TPSA) is 132 Å². The Morgan fingerprint density at radius 1 is 1.12 bits per heavy atom. The Balaban J connectivity index is 2.35. The van der Waals surface area contributed by atoms with E-state index in [4.69, 9.17) is 0 Å². The second kappa shape index (κ2) is 6.92. The minimum atomic E-state index is -4.31. The van der Waals surface area contributed by atoms with Gasteiger partial charge in [-0.1, -0.05) is 42.5 Å². The Kier molecular flexibility index (Phi) is 4.95. The van der Waals surface area contributed by atoms with Crippen LogP contribution in [0.2, 0.25) is 0 Å². The quantitative estimate of drug-likeness (QED) is 0.445. The van der Waals surface area contributed by atoms with Crippen LogP contribution in [-0.4, -0.2) is 19.3 Å². The van der Waals surface area contributed by atoms with Gasteiger partial charge in [-0.2, -0.15) is 0 Å². The molecule has 2 rings (SSSR count). The summed E-state index contributed by atoms with van der Waals surface area (Å²) in [4.78, 5) is 20.0. The molecule has 2 aromatic rings. The summed E-state index contributed by atoms with van der Waals surface area (Å²) in [6.45, 7) is 0. The first-order valence-electron chi connectivity index (χ1n) is 6.50. The number of para-hydroxylation sites is 1. The van der Waals surface area contributed by atoms with Gasteiger partial charge < -0.3 is 14.6 Å². The molecule has 8 nitrogen and oxygen atoms in total. The SMILES string of the molecule is O=C([O-])C=Cc1cccc([N-]S(=O)(=O)c2ccccc2[N+](=O)[O-])c1. The maximum Gasteiger partial charge on any atom is 0.286 e. The zero-order valence-electron chi connectivity index (χ0n) is 12.0. The maximum absolute atomic E-state index is 12.3. The monoisotopic (exact) mass is 346 g/mol. The first-order chi connectivity index (χ1) is 11.3. The Bertz CT molecular complexity index is 921. The summed E-state index contributed by atoms with van der Waals surface area (Å²) in [5, 5.41) is 21.3. The molecule has 0 unspecified atom stereocenters. The molecule has 24 heavy (non-hydrogen) atoms. The number of hydrogen-bond donors (Lipinski definition) is 0. The number of carboxylic acid groups (broad SMARTS) is 1. The normalized spacial score (nSPS) is 11.3. The maximum atomic E-state index is 12.3. The van der Waals surface area contributed by atoms with E-state index in [2.05, 4.69) is 4.72 Å². The van der Waals surface area contributed by atoms with Crippen LogP contribution in [0.1, 0.15) is 5.56 Å². The van der Waals surface area contributed by atoms with Gasteiger partial charge in [0.05, 0.1) is 10.9 Å². The summed E-state index contributed by atoms with van der Waals surface area (Å²) in [7, 11) is -4.31. The number of hydrogen-bond acceptors (Lipinski definition) is 6. The van der Waals surface area contributed by atoms with Gasteiger partial charge in [-0.3, -0.25) is 10.1 Å². The van der Waals surface area contributed by atoms with Crippen molar-refractivity contribution < 1.29 is 23.2 Å². The van der Waals surface area contributed by atoms with Crippen LogP contribution in [0, 0.1) is 10.1 Å². The van der Waals surface area contributed by atoms with E-state index < -0.39 is 31.5 Å². The Morgan fingerprint density at radius 2 is 1.83 bits per heavy atom. The third kappa shape index (κ3) is 4.17. The molecule has 9 heteroatoms. The molecule has 0 aromatic heterocycles. The lowest BCUT2D eigenvalue weighted by molar-refractivity contribution is -0.387. The summed E-state index contributed by atoms with van der Waals surface area (Å²) in [6.07, 6.45) is 2.00. The zero-order valence-corrected chi connectivity index (χ0v) is 12.8. The van der Waals surface area contributed by atoms with Gasteiger partial charge in [0.2, 0.25) is 0 Å². The number of carbonyl (C=O) groups is 1. The fraction of sp³-hybridized carbons (Fsp3) is 0. The molecule has 0 N–H and O–H groups in total. The van der Waals surface area contributed by atoms with E-state index in [1.807, 2.05) is 0 Å². The van der Waals surface area contributed by atoms with Crippen molar-refractivity contribution in [2.24, 2.45) is 0 Å². The van der Waals surface area contributed by atoms with Crippen molar-refractivity contribution in [1.82, 2.24) is 0 Å². The Hall–Kier alpha value is -3.20. The van der Waals surface area contributed by atoms with E-state index in [1.54, 1.807) is 0 Å². The van der Waals surface area contributed by atoms with Crippen LogP contribution >= 0.6 is 0 Å². The molecule has 0 atom stereocenters. The summed E-state index contributed by atoms with van der Waals surface area (Å²) in [6, 6.07) is 10.6. The number of sulfonamides is 1. The van der Waals surface area contributed by atoms with Crippen LogP contribution in [-0.2, 0) is 14.8 Å². The molecule has 0 amide bonds. The third-order valence-electron chi connectivity index (χ3n) is 2.85. The lowest BCUT2D eigenvalue weighted by Gasteiger charge is -2.22. The Morgan fingerprint density at radius 3 is 2.50 bits per heavy atom. The molecular formula is C15H10N2O6S-2. The largest absolute Gasteiger partial charge is 0.572 e. The van der Waals surface area contributed by atoms with Crippen molar-refractivity contribution in [2.45, 2.75) is 4.90 Å². The first kappa shape index (κ1) is 17.2. The van der Waals surface area contributed by atoms with Crippen LogP contribution < -0.4 is 5.11 Å². The highest BCUT2D eigenvalue weighted by Crippen LogP contribution is 2.33. The summed E-state index contributed by atoms with van der Waals surface area (Å²) in [5.74, 6) is -1.40. The summed E-state index contributed by atoms with van der Waals surface area (Å²) in [5.41, 5.74) is -0.180. The van der Waals surface area contributed by atoms with Crippen LogP contribution in [0.25, 0.3) is 10.8 Å². The number of carboxylic acids is 1. The minimum Gasteiger partial charge on any atom is -0.572 e. The van der Waals surface area contributed by atoms with E-state index in [0.717, 1.165) is 18.2 Å². The van der Waals surface area contributed by atoms with Crippen molar-refractivity contribution in [3.63, 3.8) is 0 Å². The van der Waals surface area contributed by atoms with Crippen molar-refractivity contribution in [1.29, 1.82) is 0 Å². The van der Waals surface area contributed by atoms with Crippen molar-refractivity contribution >= 4 is 33.4 Å². The fourth-order valence-electron chi connectivity index (χ4n) is 1.86. The zero-order chi connectivity index (χ0) is 17.7. The number of benzene rings is 2.